The SMILES string of the molecule is Cc1nn(C)c(C)c1[C@H]1OCC[C@@H]1NCc1ccnc(N(C)C)n1. The van der Waals surface area contributed by atoms with Crippen LogP contribution >= 0.6 is 0 Å². The van der Waals surface area contributed by atoms with E-state index in [4.69, 9.17) is 4.74 Å². The lowest BCUT2D eigenvalue weighted by Crippen LogP contribution is -2.32. The Labute approximate surface area is 143 Å². The minimum Gasteiger partial charge on any atom is -0.372 e. The lowest BCUT2D eigenvalue weighted by Gasteiger charge is -2.21. The second-order valence-electron chi connectivity index (χ2n) is 6.52. The summed E-state index contributed by atoms with van der Waals surface area (Å²) in [6.45, 7) is 5.62. The summed E-state index contributed by atoms with van der Waals surface area (Å²) in [7, 11) is 5.87. The van der Waals surface area contributed by atoms with E-state index in [-0.39, 0.29) is 12.1 Å². The minimum atomic E-state index is 0.0499. The lowest BCUT2D eigenvalue weighted by molar-refractivity contribution is 0.0973. The first-order valence-electron chi connectivity index (χ1n) is 8.31. The van der Waals surface area contributed by atoms with Crippen molar-refractivity contribution in [2.24, 2.45) is 7.05 Å². The van der Waals surface area contributed by atoms with E-state index < -0.39 is 0 Å². The molecule has 7 nitrogen and oxygen atoms in total. The summed E-state index contributed by atoms with van der Waals surface area (Å²) in [5.41, 5.74) is 4.41. The predicted molar refractivity (Wildman–Crippen MR) is 93.0 cm³/mol. The Bertz CT molecular complexity index is 711. The van der Waals surface area contributed by atoms with Crippen molar-refractivity contribution in [1.82, 2.24) is 25.1 Å². The molecule has 1 fully saturated rings. The molecule has 2 aromatic rings. The lowest BCUT2D eigenvalue weighted by atomic mass is 10.0. The average molecular weight is 330 g/mol. The third kappa shape index (κ3) is 3.27. The molecule has 0 amide bonds. The Morgan fingerprint density at radius 1 is 1.38 bits per heavy atom. The third-order valence-electron chi connectivity index (χ3n) is 4.59. The van der Waals surface area contributed by atoms with Crippen LogP contribution in [0, 0.1) is 13.8 Å². The van der Waals surface area contributed by atoms with E-state index in [1.165, 1.54) is 11.3 Å². The molecule has 0 unspecified atom stereocenters. The monoisotopic (exact) mass is 330 g/mol. The average Bonchev–Trinajstić information content (AvgIpc) is 3.10. The quantitative estimate of drug-likeness (QED) is 0.896. The number of hydrogen-bond donors (Lipinski definition) is 1. The summed E-state index contributed by atoms with van der Waals surface area (Å²) in [4.78, 5) is 10.7. The van der Waals surface area contributed by atoms with E-state index >= 15 is 0 Å². The number of aromatic nitrogens is 4. The molecule has 1 saturated heterocycles. The maximum absolute atomic E-state index is 6.02. The van der Waals surface area contributed by atoms with Crippen LogP contribution in [-0.4, -0.2) is 46.5 Å². The molecule has 3 rings (SSSR count). The van der Waals surface area contributed by atoms with E-state index in [1.54, 1.807) is 6.20 Å². The van der Waals surface area contributed by atoms with E-state index in [1.807, 2.05) is 36.8 Å². The molecule has 1 N–H and O–H groups in total. The predicted octanol–water partition coefficient (Wildman–Crippen LogP) is 1.51. The first-order chi connectivity index (χ1) is 11.5. The molecule has 0 bridgehead atoms. The molecule has 1 aliphatic rings. The standard InChI is InChI=1S/C17H26N6O/c1-11-15(12(2)23(5)21-11)16-14(7-9-24-16)19-10-13-6-8-18-17(20-13)22(3)4/h6,8,14,16,19H,7,9-10H2,1-5H3/t14-,16-/m0/s1. The number of nitrogens with one attached hydrogen (secondary N) is 1. The number of aryl methyl sites for hydroxylation is 2. The van der Waals surface area contributed by atoms with Gasteiger partial charge in [0.25, 0.3) is 0 Å². The fraction of sp³-hybridized carbons (Fsp3) is 0.588. The molecular weight excluding hydrogens is 304 g/mol. The summed E-state index contributed by atoms with van der Waals surface area (Å²) in [5, 5.41) is 8.13. The van der Waals surface area contributed by atoms with E-state index in [0.717, 1.165) is 30.4 Å². The van der Waals surface area contributed by atoms with Crippen LogP contribution < -0.4 is 10.2 Å². The number of ether oxygens (including phenoxy) is 1. The van der Waals surface area contributed by atoms with Crippen LogP contribution in [-0.2, 0) is 18.3 Å². The van der Waals surface area contributed by atoms with Gasteiger partial charge in [0.2, 0.25) is 5.95 Å². The number of anilines is 1. The summed E-state index contributed by atoms with van der Waals surface area (Å²) >= 11 is 0. The highest BCUT2D eigenvalue weighted by Gasteiger charge is 2.33. The molecule has 0 aliphatic carbocycles. The Hall–Kier alpha value is -1.99. The number of rotatable bonds is 5. The van der Waals surface area contributed by atoms with Crippen molar-refractivity contribution in [3.63, 3.8) is 0 Å². The van der Waals surface area contributed by atoms with Crippen molar-refractivity contribution in [2.45, 2.75) is 39.0 Å². The van der Waals surface area contributed by atoms with Gasteiger partial charge in [-0.25, -0.2) is 9.97 Å². The van der Waals surface area contributed by atoms with Crippen LogP contribution in [0.4, 0.5) is 5.95 Å². The fourth-order valence-corrected chi connectivity index (χ4v) is 3.22. The maximum atomic E-state index is 6.02. The topological polar surface area (TPSA) is 68.1 Å². The molecule has 24 heavy (non-hydrogen) atoms. The molecule has 3 heterocycles. The molecule has 1 aliphatic heterocycles. The van der Waals surface area contributed by atoms with Gasteiger partial charge >= 0.3 is 0 Å². The molecule has 0 saturated carbocycles. The highest BCUT2D eigenvalue weighted by atomic mass is 16.5. The Morgan fingerprint density at radius 3 is 2.83 bits per heavy atom. The van der Waals surface area contributed by atoms with Gasteiger partial charge in [-0.05, 0) is 26.3 Å². The normalized spacial score (nSPS) is 20.5. The molecule has 2 aromatic heterocycles. The summed E-state index contributed by atoms with van der Waals surface area (Å²) in [6.07, 6.45) is 2.84. The second-order valence-corrected chi connectivity index (χ2v) is 6.52. The largest absolute Gasteiger partial charge is 0.372 e. The van der Waals surface area contributed by atoms with Crippen molar-refractivity contribution in [3.8, 4) is 0 Å². The zero-order chi connectivity index (χ0) is 17.3. The van der Waals surface area contributed by atoms with Crippen LogP contribution in [0.15, 0.2) is 12.3 Å². The van der Waals surface area contributed by atoms with Crippen LogP contribution in [0.1, 0.15) is 35.2 Å². The van der Waals surface area contributed by atoms with Crippen LogP contribution in [0.3, 0.4) is 0 Å². The Morgan fingerprint density at radius 2 is 2.17 bits per heavy atom. The van der Waals surface area contributed by atoms with E-state index in [0.29, 0.717) is 6.54 Å². The van der Waals surface area contributed by atoms with Crippen LogP contribution in [0.2, 0.25) is 0 Å². The molecule has 7 heteroatoms. The van der Waals surface area contributed by atoms with Crippen LogP contribution in [0.25, 0.3) is 0 Å². The first-order valence-corrected chi connectivity index (χ1v) is 8.31. The van der Waals surface area contributed by atoms with Gasteiger partial charge in [-0.15, -0.1) is 0 Å². The molecule has 0 aromatic carbocycles. The fourth-order valence-electron chi connectivity index (χ4n) is 3.22. The molecule has 0 radical (unpaired) electrons. The molecule has 0 spiro atoms. The van der Waals surface area contributed by atoms with Gasteiger partial charge in [-0.2, -0.15) is 5.10 Å². The molecule has 2 atom stereocenters. The summed E-state index contributed by atoms with van der Waals surface area (Å²) in [5.74, 6) is 0.729. The van der Waals surface area contributed by atoms with E-state index in [2.05, 4.69) is 34.2 Å². The zero-order valence-electron chi connectivity index (χ0n) is 15.1. The van der Waals surface area contributed by atoms with Gasteiger partial charge < -0.3 is 15.0 Å². The highest BCUT2D eigenvalue weighted by molar-refractivity contribution is 5.29. The molecular formula is C17H26N6O. The van der Waals surface area contributed by atoms with Gasteiger partial charge in [0.1, 0.15) is 6.10 Å². The van der Waals surface area contributed by atoms with Gasteiger partial charge in [-0.3, -0.25) is 4.68 Å². The van der Waals surface area contributed by atoms with Gasteiger partial charge in [0, 0.05) is 57.8 Å². The number of nitrogens with zero attached hydrogens (tertiary/aromatic N) is 5. The van der Waals surface area contributed by atoms with Gasteiger partial charge in [0.15, 0.2) is 0 Å². The summed E-state index contributed by atoms with van der Waals surface area (Å²) < 4.78 is 7.95. The van der Waals surface area contributed by atoms with Crippen molar-refractivity contribution in [3.05, 3.63) is 34.9 Å². The number of hydrogen-bond acceptors (Lipinski definition) is 6. The Kier molecular flexibility index (Phi) is 4.82. The van der Waals surface area contributed by atoms with Gasteiger partial charge in [-0.1, -0.05) is 0 Å². The van der Waals surface area contributed by atoms with E-state index in [9.17, 15) is 0 Å². The molecule has 130 valence electrons. The highest BCUT2D eigenvalue weighted by Crippen LogP contribution is 2.33. The van der Waals surface area contributed by atoms with Crippen molar-refractivity contribution >= 4 is 5.95 Å². The third-order valence-corrected chi connectivity index (χ3v) is 4.59. The van der Waals surface area contributed by atoms with Gasteiger partial charge in [0.05, 0.1) is 11.4 Å². The Balaban J connectivity index is 1.72. The van der Waals surface area contributed by atoms with Crippen molar-refractivity contribution < 1.29 is 4.74 Å². The van der Waals surface area contributed by atoms with Crippen molar-refractivity contribution in [1.29, 1.82) is 0 Å². The summed E-state index contributed by atoms with van der Waals surface area (Å²) in [6, 6.07) is 2.22. The first kappa shape index (κ1) is 16.9. The zero-order valence-corrected chi connectivity index (χ0v) is 15.1. The van der Waals surface area contributed by atoms with Crippen molar-refractivity contribution in [2.75, 3.05) is 25.6 Å². The maximum Gasteiger partial charge on any atom is 0.225 e. The smallest absolute Gasteiger partial charge is 0.225 e. The second kappa shape index (κ2) is 6.86. The minimum absolute atomic E-state index is 0.0499. The van der Waals surface area contributed by atoms with Crippen LogP contribution in [0.5, 0.6) is 0 Å².